The van der Waals surface area contributed by atoms with Crippen LogP contribution in [-0.4, -0.2) is 27.8 Å². The van der Waals surface area contributed by atoms with Gasteiger partial charge in [0.15, 0.2) is 5.96 Å². The van der Waals surface area contributed by atoms with Crippen molar-refractivity contribution in [2.75, 3.05) is 7.05 Å². The molecule has 0 radical (unpaired) electrons. The molecule has 2 rings (SSSR count). The summed E-state index contributed by atoms with van der Waals surface area (Å²) in [4.78, 5) is 8.48. The largest absolute Gasteiger partial charge is 0.350 e. The second-order valence-electron chi connectivity index (χ2n) is 6.43. The molecule has 1 heterocycles. The van der Waals surface area contributed by atoms with Crippen molar-refractivity contribution >= 4 is 5.96 Å². The first-order valence-corrected chi connectivity index (χ1v) is 8.38. The number of benzene rings is 1. The third kappa shape index (κ3) is 5.08. The fourth-order valence-electron chi connectivity index (χ4n) is 2.54. The third-order valence-corrected chi connectivity index (χ3v) is 3.92. The number of aliphatic imine (C=N–C) groups is 1. The standard InChI is InChI=1S/C18H28N6/c1-13(2)10-15-6-8-16(9-7-15)14(3)23-18(19-4)20-11-17-21-12-22-24(17)5/h6-9,12-14H,10-11H2,1-5H3,(H2,19,20,23). The Kier molecular flexibility index (Phi) is 6.35. The van der Waals surface area contributed by atoms with Crippen LogP contribution < -0.4 is 10.6 Å². The molecule has 0 aliphatic rings. The van der Waals surface area contributed by atoms with E-state index in [0.29, 0.717) is 12.5 Å². The average molecular weight is 328 g/mol. The summed E-state index contributed by atoms with van der Waals surface area (Å²) in [7, 11) is 3.64. The molecule has 2 N–H and O–H groups in total. The highest BCUT2D eigenvalue weighted by Crippen LogP contribution is 2.15. The SMILES string of the molecule is CN=C(NCc1ncnn1C)NC(C)c1ccc(CC(C)C)cc1. The van der Waals surface area contributed by atoms with Crippen LogP contribution in [0.2, 0.25) is 0 Å². The quantitative estimate of drug-likeness (QED) is 0.631. The lowest BCUT2D eigenvalue weighted by Crippen LogP contribution is -2.38. The summed E-state index contributed by atoms with van der Waals surface area (Å²) < 4.78 is 1.75. The Balaban J connectivity index is 1.91. The number of hydrogen-bond donors (Lipinski definition) is 2. The maximum absolute atomic E-state index is 4.28. The molecule has 1 aromatic carbocycles. The Labute approximate surface area is 144 Å². The van der Waals surface area contributed by atoms with Crippen LogP contribution in [0.15, 0.2) is 35.6 Å². The summed E-state index contributed by atoms with van der Waals surface area (Å²) in [5.74, 6) is 2.29. The molecule has 130 valence electrons. The molecule has 1 unspecified atom stereocenters. The van der Waals surface area contributed by atoms with Crippen molar-refractivity contribution in [1.82, 2.24) is 25.4 Å². The number of aromatic nitrogens is 3. The van der Waals surface area contributed by atoms with Crippen molar-refractivity contribution in [2.24, 2.45) is 18.0 Å². The highest BCUT2D eigenvalue weighted by Gasteiger charge is 2.09. The van der Waals surface area contributed by atoms with Crippen LogP contribution in [0.3, 0.4) is 0 Å². The lowest BCUT2D eigenvalue weighted by Gasteiger charge is -2.18. The molecular formula is C18H28N6. The Morgan fingerprint density at radius 2 is 1.92 bits per heavy atom. The minimum Gasteiger partial charge on any atom is -0.350 e. The molecule has 0 amide bonds. The monoisotopic (exact) mass is 328 g/mol. The maximum Gasteiger partial charge on any atom is 0.191 e. The Morgan fingerprint density at radius 1 is 1.21 bits per heavy atom. The minimum atomic E-state index is 0.170. The van der Waals surface area contributed by atoms with Crippen LogP contribution in [0.1, 0.15) is 43.8 Å². The normalized spacial score (nSPS) is 13.2. The fraction of sp³-hybridized carbons (Fsp3) is 0.500. The highest BCUT2D eigenvalue weighted by atomic mass is 15.3. The zero-order valence-electron chi connectivity index (χ0n) is 15.2. The third-order valence-electron chi connectivity index (χ3n) is 3.92. The van der Waals surface area contributed by atoms with Crippen LogP contribution in [-0.2, 0) is 20.0 Å². The molecule has 1 atom stereocenters. The van der Waals surface area contributed by atoms with E-state index in [4.69, 9.17) is 0 Å². The predicted octanol–water partition coefficient (Wildman–Crippen LogP) is 2.44. The number of nitrogens with zero attached hydrogens (tertiary/aromatic N) is 4. The molecule has 0 aliphatic heterocycles. The summed E-state index contributed by atoms with van der Waals surface area (Å²) in [6, 6.07) is 8.97. The van der Waals surface area contributed by atoms with Crippen molar-refractivity contribution in [3.8, 4) is 0 Å². The molecule has 0 saturated carbocycles. The van der Waals surface area contributed by atoms with Gasteiger partial charge in [0.2, 0.25) is 0 Å². The van der Waals surface area contributed by atoms with Crippen molar-refractivity contribution in [3.05, 3.63) is 47.5 Å². The molecule has 6 nitrogen and oxygen atoms in total. The van der Waals surface area contributed by atoms with E-state index in [0.717, 1.165) is 18.2 Å². The van der Waals surface area contributed by atoms with E-state index in [1.165, 1.54) is 11.1 Å². The molecule has 0 aliphatic carbocycles. The molecule has 2 aromatic rings. The first kappa shape index (κ1) is 18.0. The summed E-state index contributed by atoms with van der Waals surface area (Å²) in [5.41, 5.74) is 2.62. The number of nitrogens with one attached hydrogen (secondary N) is 2. The van der Waals surface area contributed by atoms with Crippen LogP contribution in [0.25, 0.3) is 0 Å². The van der Waals surface area contributed by atoms with Crippen molar-refractivity contribution in [2.45, 2.75) is 39.8 Å². The van der Waals surface area contributed by atoms with Gasteiger partial charge in [0, 0.05) is 14.1 Å². The predicted molar refractivity (Wildman–Crippen MR) is 97.7 cm³/mol. The van der Waals surface area contributed by atoms with Gasteiger partial charge in [0.05, 0.1) is 12.6 Å². The van der Waals surface area contributed by atoms with Crippen molar-refractivity contribution < 1.29 is 0 Å². The molecular weight excluding hydrogens is 300 g/mol. The maximum atomic E-state index is 4.28. The molecule has 1 aromatic heterocycles. The Bertz CT molecular complexity index is 656. The molecule has 0 spiro atoms. The second-order valence-corrected chi connectivity index (χ2v) is 6.43. The zero-order chi connectivity index (χ0) is 17.5. The van der Waals surface area contributed by atoms with Gasteiger partial charge >= 0.3 is 0 Å². The summed E-state index contributed by atoms with van der Waals surface area (Å²) in [6.45, 7) is 7.19. The van der Waals surface area contributed by atoms with Crippen LogP contribution in [0.5, 0.6) is 0 Å². The van der Waals surface area contributed by atoms with E-state index >= 15 is 0 Å². The van der Waals surface area contributed by atoms with E-state index in [-0.39, 0.29) is 6.04 Å². The number of guanidine groups is 1. The van der Waals surface area contributed by atoms with E-state index in [1.54, 1.807) is 18.1 Å². The Hall–Kier alpha value is -2.37. The molecule has 24 heavy (non-hydrogen) atoms. The van der Waals surface area contributed by atoms with E-state index in [9.17, 15) is 0 Å². The van der Waals surface area contributed by atoms with Crippen molar-refractivity contribution in [3.63, 3.8) is 0 Å². The zero-order valence-corrected chi connectivity index (χ0v) is 15.2. The molecule has 0 bridgehead atoms. The van der Waals surface area contributed by atoms with Crippen LogP contribution in [0, 0.1) is 5.92 Å². The van der Waals surface area contributed by atoms with Crippen LogP contribution >= 0.6 is 0 Å². The van der Waals surface area contributed by atoms with E-state index < -0.39 is 0 Å². The van der Waals surface area contributed by atoms with Crippen LogP contribution in [0.4, 0.5) is 0 Å². The highest BCUT2D eigenvalue weighted by molar-refractivity contribution is 5.80. The lowest BCUT2D eigenvalue weighted by atomic mass is 10.00. The van der Waals surface area contributed by atoms with Gasteiger partial charge < -0.3 is 10.6 Å². The van der Waals surface area contributed by atoms with Gasteiger partial charge in [-0.2, -0.15) is 5.10 Å². The Morgan fingerprint density at radius 3 is 2.46 bits per heavy atom. The summed E-state index contributed by atoms with van der Waals surface area (Å²) in [5, 5.41) is 10.7. The number of aryl methyl sites for hydroxylation is 1. The van der Waals surface area contributed by atoms with Gasteiger partial charge in [0.1, 0.15) is 12.2 Å². The van der Waals surface area contributed by atoms with E-state index in [2.05, 4.69) is 70.7 Å². The smallest absolute Gasteiger partial charge is 0.191 e. The van der Waals surface area contributed by atoms with Crippen molar-refractivity contribution in [1.29, 1.82) is 0 Å². The lowest BCUT2D eigenvalue weighted by molar-refractivity contribution is 0.643. The molecule has 6 heteroatoms. The minimum absolute atomic E-state index is 0.170. The van der Waals surface area contributed by atoms with Gasteiger partial charge in [-0.05, 0) is 30.4 Å². The summed E-state index contributed by atoms with van der Waals surface area (Å²) >= 11 is 0. The van der Waals surface area contributed by atoms with Gasteiger partial charge in [-0.1, -0.05) is 38.1 Å². The fourth-order valence-corrected chi connectivity index (χ4v) is 2.54. The topological polar surface area (TPSA) is 67.1 Å². The molecule has 0 saturated heterocycles. The van der Waals surface area contributed by atoms with Gasteiger partial charge in [0.25, 0.3) is 0 Å². The number of rotatable bonds is 6. The molecule has 0 fully saturated rings. The first-order valence-electron chi connectivity index (χ1n) is 8.38. The summed E-state index contributed by atoms with van der Waals surface area (Å²) in [6.07, 6.45) is 2.66. The second kappa shape index (κ2) is 8.47. The average Bonchev–Trinajstić information content (AvgIpc) is 2.96. The van der Waals surface area contributed by atoms with Gasteiger partial charge in [-0.25, -0.2) is 4.98 Å². The number of hydrogen-bond acceptors (Lipinski definition) is 3. The first-order chi connectivity index (χ1) is 11.5. The van der Waals surface area contributed by atoms with Gasteiger partial charge in [-0.15, -0.1) is 0 Å². The van der Waals surface area contributed by atoms with E-state index in [1.807, 2.05) is 7.05 Å². The van der Waals surface area contributed by atoms with Gasteiger partial charge in [-0.3, -0.25) is 9.67 Å².